The Hall–Kier alpha value is -1.59. The minimum Gasteiger partial charge on any atom is -0.462 e. The summed E-state index contributed by atoms with van der Waals surface area (Å²) in [6, 6.07) is 0. The van der Waals surface area contributed by atoms with Crippen LogP contribution in [0.4, 0.5) is 0 Å². The van der Waals surface area contributed by atoms with Gasteiger partial charge in [0.1, 0.15) is 13.2 Å². The number of hydrogen-bond acceptors (Lipinski definition) is 6. The lowest BCUT2D eigenvalue weighted by Crippen LogP contribution is -2.30. The Bertz CT molecular complexity index is 649. The summed E-state index contributed by atoms with van der Waals surface area (Å²) in [4.78, 5) is 37.1. The summed E-state index contributed by atoms with van der Waals surface area (Å²) in [5, 5.41) is 0. The Morgan fingerprint density at radius 3 is 0.909 bits per heavy atom. The zero-order valence-electron chi connectivity index (χ0n) is 29.4. The molecule has 6 heteroatoms. The first-order chi connectivity index (χ1) is 21.5. The number of ether oxygens (including phenoxy) is 3. The van der Waals surface area contributed by atoms with E-state index in [0.29, 0.717) is 19.3 Å². The Morgan fingerprint density at radius 1 is 0.364 bits per heavy atom. The van der Waals surface area contributed by atoms with Crippen LogP contribution in [0.1, 0.15) is 207 Å². The monoisotopic (exact) mass is 625 g/mol. The molecule has 260 valence electrons. The van der Waals surface area contributed by atoms with Gasteiger partial charge in [0.05, 0.1) is 0 Å². The van der Waals surface area contributed by atoms with Gasteiger partial charge in [0, 0.05) is 19.3 Å². The first-order valence-corrected chi connectivity index (χ1v) is 19.0. The van der Waals surface area contributed by atoms with Gasteiger partial charge in [0.25, 0.3) is 0 Å². The van der Waals surface area contributed by atoms with Gasteiger partial charge in [-0.1, -0.05) is 168 Å². The number of rotatable bonds is 34. The summed E-state index contributed by atoms with van der Waals surface area (Å²) in [5.41, 5.74) is 0. The molecule has 0 amide bonds. The van der Waals surface area contributed by atoms with E-state index in [4.69, 9.17) is 14.2 Å². The van der Waals surface area contributed by atoms with E-state index in [-0.39, 0.29) is 31.1 Å². The SMILES string of the molecule is CCCCCCCCCCCCCCCCC(=O)O[C@@H](COC(=O)CCCCCCC)COC(=O)CCCCCCCCC. The first kappa shape index (κ1) is 42.4. The van der Waals surface area contributed by atoms with Crippen LogP contribution in [-0.2, 0) is 28.6 Å². The van der Waals surface area contributed by atoms with Crippen molar-refractivity contribution < 1.29 is 28.6 Å². The molecule has 0 saturated carbocycles. The fourth-order valence-electron chi connectivity index (χ4n) is 5.44. The molecule has 44 heavy (non-hydrogen) atoms. The molecule has 0 aromatic rings. The summed E-state index contributed by atoms with van der Waals surface area (Å²) in [6.07, 6.45) is 31.2. The largest absolute Gasteiger partial charge is 0.462 e. The Morgan fingerprint density at radius 2 is 0.614 bits per heavy atom. The van der Waals surface area contributed by atoms with Gasteiger partial charge >= 0.3 is 17.9 Å². The lowest BCUT2D eigenvalue weighted by atomic mass is 10.0. The van der Waals surface area contributed by atoms with Gasteiger partial charge in [-0.3, -0.25) is 14.4 Å². The Kier molecular flexibility index (Phi) is 33.0. The van der Waals surface area contributed by atoms with Crippen molar-refractivity contribution in [3.05, 3.63) is 0 Å². The number of carbonyl (C=O) groups is 3. The van der Waals surface area contributed by atoms with Crippen LogP contribution in [0.15, 0.2) is 0 Å². The highest BCUT2D eigenvalue weighted by atomic mass is 16.6. The van der Waals surface area contributed by atoms with Gasteiger partial charge in [-0.05, 0) is 19.3 Å². The summed E-state index contributed by atoms with van der Waals surface area (Å²) >= 11 is 0. The molecule has 0 heterocycles. The van der Waals surface area contributed by atoms with Crippen LogP contribution in [-0.4, -0.2) is 37.2 Å². The number of unbranched alkanes of at least 4 members (excludes halogenated alkanes) is 23. The Labute approximate surface area is 272 Å². The highest BCUT2D eigenvalue weighted by Crippen LogP contribution is 2.14. The maximum Gasteiger partial charge on any atom is 0.306 e. The van der Waals surface area contributed by atoms with E-state index in [2.05, 4.69) is 20.8 Å². The minimum atomic E-state index is -0.754. The van der Waals surface area contributed by atoms with Gasteiger partial charge in [-0.2, -0.15) is 0 Å². The van der Waals surface area contributed by atoms with Crippen LogP contribution >= 0.6 is 0 Å². The zero-order chi connectivity index (χ0) is 32.4. The number of hydrogen-bond donors (Lipinski definition) is 0. The van der Waals surface area contributed by atoms with Crippen molar-refractivity contribution in [1.29, 1.82) is 0 Å². The molecule has 0 unspecified atom stereocenters. The molecule has 0 aliphatic heterocycles. The summed E-state index contributed by atoms with van der Waals surface area (Å²) in [5.74, 6) is -0.884. The normalized spacial score (nSPS) is 11.8. The van der Waals surface area contributed by atoms with Crippen LogP contribution < -0.4 is 0 Å². The lowest BCUT2D eigenvalue weighted by molar-refractivity contribution is -0.167. The molecule has 0 N–H and O–H groups in total. The van der Waals surface area contributed by atoms with Crippen molar-refractivity contribution in [1.82, 2.24) is 0 Å². The van der Waals surface area contributed by atoms with E-state index in [1.54, 1.807) is 0 Å². The average Bonchev–Trinajstić information content (AvgIpc) is 3.02. The molecule has 6 nitrogen and oxygen atoms in total. The van der Waals surface area contributed by atoms with Gasteiger partial charge in [0.15, 0.2) is 6.10 Å². The number of carbonyl (C=O) groups excluding carboxylic acids is 3. The van der Waals surface area contributed by atoms with Crippen molar-refractivity contribution in [3.8, 4) is 0 Å². The highest BCUT2D eigenvalue weighted by molar-refractivity contribution is 5.71. The molecule has 0 rings (SSSR count). The second-order valence-electron chi connectivity index (χ2n) is 12.9. The highest BCUT2D eigenvalue weighted by Gasteiger charge is 2.19. The molecule has 0 spiro atoms. The second-order valence-corrected chi connectivity index (χ2v) is 12.9. The van der Waals surface area contributed by atoms with E-state index >= 15 is 0 Å². The summed E-state index contributed by atoms with van der Waals surface area (Å²) in [7, 11) is 0. The summed E-state index contributed by atoms with van der Waals surface area (Å²) < 4.78 is 16.4. The summed E-state index contributed by atoms with van der Waals surface area (Å²) in [6.45, 7) is 6.50. The topological polar surface area (TPSA) is 78.9 Å². The predicted molar refractivity (Wildman–Crippen MR) is 183 cm³/mol. The molecular formula is C38H72O6. The third-order valence-electron chi connectivity index (χ3n) is 8.36. The molecule has 0 aromatic carbocycles. The lowest BCUT2D eigenvalue weighted by Gasteiger charge is -2.18. The van der Waals surface area contributed by atoms with E-state index in [9.17, 15) is 14.4 Å². The maximum absolute atomic E-state index is 12.5. The van der Waals surface area contributed by atoms with Gasteiger partial charge in [-0.25, -0.2) is 0 Å². The van der Waals surface area contributed by atoms with Crippen molar-refractivity contribution >= 4 is 17.9 Å². The minimum absolute atomic E-state index is 0.0659. The molecule has 0 fully saturated rings. The van der Waals surface area contributed by atoms with Crippen molar-refractivity contribution in [2.45, 2.75) is 213 Å². The van der Waals surface area contributed by atoms with Gasteiger partial charge in [-0.15, -0.1) is 0 Å². The molecule has 0 aromatic heterocycles. The smallest absolute Gasteiger partial charge is 0.306 e. The van der Waals surface area contributed by atoms with E-state index in [1.165, 1.54) is 103 Å². The van der Waals surface area contributed by atoms with Crippen molar-refractivity contribution in [2.24, 2.45) is 0 Å². The van der Waals surface area contributed by atoms with Crippen molar-refractivity contribution in [3.63, 3.8) is 0 Å². The standard InChI is InChI=1S/C38H72O6/c1-4-7-10-13-15-16-17-18-19-20-21-23-26-29-32-38(41)44-35(33-42-36(39)30-27-24-12-9-6-3)34-43-37(40)31-28-25-22-14-11-8-5-2/h35H,4-34H2,1-3H3/t35-/m0/s1. The van der Waals surface area contributed by atoms with Gasteiger partial charge < -0.3 is 14.2 Å². The van der Waals surface area contributed by atoms with E-state index in [0.717, 1.165) is 64.2 Å². The predicted octanol–water partition coefficient (Wildman–Crippen LogP) is 11.4. The molecule has 0 aliphatic rings. The van der Waals surface area contributed by atoms with Crippen LogP contribution in [0.5, 0.6) is 0 Å². The molecule has 1 atom stereocenters. The molecule has 0 bridgehead atoms. The fraction of sp³-hybridized carbons (Fsp3) is 0.921. The average molecular weight is 625 g/mol. The zero-order valence-corrected chi connectivity index (χ0v) is 29.4. The second kappa shape index (κ2) is 34.3. The molecule has 0 radical (unpaired) electrons. The Balaban J connectivity index is 4.22. The van der Waals surface area contributed by atoms with E-state index < -0.39 is 6.10 Å². The van der Waals surface area contributed by atoms with Crippen molar-refractivity contribution in [2.75, 3.05) is 13.2 Å². The molecule has 0 saturated heterocycles. The van der Waals surface area contributed by atoms with Crippen LogP contribution in [0.3, 0.4) is 0 Å². The first-order valence-electron chi connectivity index (χ1n) is 19.0. The van der Waals surface area contributed by atoms with Gasteiger partial charge in [0.2, 0.25) is 0 Å². The van der Waals surface area contributed by atoms with Crippen LogP contribution in [0.25, 0.3) is 0 Å². The maximum atomic E-state index is 12.5. The van der Waals surface area contributed by atoms with Crippen LogP contribution in [0.2, 0.25) is 0 Å². The van der Waals surface area contributed by atoms with Crippen LogP contribution in [0, 0.1) is 0 Å². The fourth-order valence-corrected chi connectivity index (χ4v) is 5.44. The quantitative estimate of drug-likeness (QED) is 0.0402. The third-order valence-corrected chi connectivity index (χ3v) is 8.36. The molecule has 0 aliphatic carbocycles. The molecular weight excluding hydrogens is 552 g/mol. The third kappa shape index (κ3) is 31.8. The number of esters is 3. The van der Waals surface area contributed by atoms with E-state index in [1.807, 2.05) is 0 Å².